The van der Waals surface area contributed by atoms with Crippen LogP contribution in [0.15, 0.2) is 5.51 Å². The van der Waals surface area contributed by atoms with Gasteiger partial charge in [-0.05, 0) is 31.7 Å². The van der Waals surface area contributed by atoms with E-state index in [1.54, 1.807) is 11.3 Å². The van der Waals surface area contributed by atoms with Crippen LogP contribution in [0.2, 0.25) is 0 Å². The van der Waals surface area contributed by atoms with Crippen LogP contribution >= 0.6 is 11.3 Å². The van der Waals surface area contributed by atoms with E-state index in [0.29, 0.717) is 5.41 Å². The van der Waals surface area contributed by atoms with E-state index in [1.165, 1.54) is 17.0 Å². The van der Waals surface area contributed by atoms with Gasteiger partial charge in [-0.1, -0.05) is 20.8 Å². The van der Waals surface area contributed by atoms with Crippen molar-refractivity contribution in [2.75, 3.05) is 13.1 Å². The molecule has 0 aliphatic rings. The number of aryl methyl sites for hydroxylation is 2. The quantitative estimate of drug-likeness (QED) is 0.806. The second kappa shape index (κ2) is 5.61. The SMILES string of the molecule is CCNCC(C)(C)CCc1scnc1C. The second-order valence-electron chi connectivity index (χ2n) is 4.81. The van der Waals surface area contributed by atoms with Crippen LogP contribution in [0.5, 0.6) is 0 Å². The molecule has 15 heavy (non-hydrogen) atoms. The minimum absolute atomic E-state index is 0.381. The monoisotopic (exact) mass is 226 g/mol. The fourth-order valence-corrected chi connectivity index (χ4v) is 2.35. The fraction of sp³-hybridized carbons (Fsp3) is 0.750. The number of hydrogen-bond donors (Lipinski definition) is 1. The van der Waals surface area contributed by atoms with Gasteiger partial charge in [0.2, 0.25) is 0 Å². The van der Waals surface area contributed by atoms with Gasteiger partial charge in [0.05, 0.1) is 11.2 Å². The normalized spacial score (nSPS) is 12.0. The Kier molecular flexibility index (Phi) is 4.74. The molecule has 0 fully saturated rings. The Morgan fingerprint density at radius 3 is 2.73 bits per heavy atom. The molecule has 1 aromatic heterocycles. The third-order valence-electron chi connectivity index (χ3n) is 2.73. The maximum absolute atomic E-state index is 4.28. The molecule has 0 atom stereocenters. The first-order chi connectivity index (χ1) is 7.05. The Labute approximate surface area is 97.1 Å². The highest BCUT2D eigenvalue weighted by Gasteiger charge is 2.17. The molecular weight excluding hydrogens is 204 g/mol. The topological polar surface area (TPSA) is 24.9 Å². The number of thiazole rings is 1. The lowest BCUT2D eigenvalue weighted by atomic mass is 9.87. The van der Waals surface area contributed by atoms with Crippen molar-refractivity contribution >= 4 is 11.3 Å². The summed E-state index contributed by atoms with van der Waals surface area (Å²) in [4.78, 5) is 5.73. The Bertz CT molecular complexity index is 292. The van der Waals surface area contributed by atoms with E-state index in [4.69, 9.17) is 0 Å². The van der Waals surface area contributed by atoms with E-state index < -0.39 is 0 Å². The highest BCUT2D eigenvalue weighted by atomic mass is 32.1. The zero-order valence-electron chi connectivity index (χ0n) is 10.3. The van der Waals surface area contributed by atoms with Crippen LogP contribution in [-0.4, -0.2) is 18.1 Å². The Morgan fingerprint density at radius 2 is 2.20 bits per heavy atom. The van der Waals surface area contributed by atoms with Crippen LogP contribution in [0.25, 0.3) is 0 Å². The van der Waals surface area contributed by atoms with Gasteiger partial charge in [-0.15, -0.1) is 11.3 Å². The van der Waals surface area contributed by atoms with Gasteiger partial charge in [0.15, 0.2) is 0 Å². The van der Waals surface area contributed by atoms with Gasteiger partial charge in [0.1, 0.15) is 0 Å². The zero-order chi connectivity index (χ0) is 11.3. The summed E-state index contributed by atoms with van der Waals surface area (Å²) in [6.45, 7) is 11.1. The number of hydrogen-bond acceptors (Lipinski definition) is 3. The summed E-state index contributed by atoms with van der Waals surface area (Å²) in [6.07, 6.45) is 2.39. The van der Waals surface area contributed by atoms with Crippen molar-refractivity contribution < 1.29 is 0 Å². The smallest absolute Gasteiger partial charge is 0.0797 e. The van der Waals surface area contributed by atoms with Crippen LogP contribution in [0, 0.1) is 12.3 Å². The maximum Gasteiger partial charge on any atom is 0.0797 e. The molecule has 86 valence electrons. The number of aromatic nitrogens is 1. The van der Waals surface area contributed by atoms with Crippen LogP contribution in [0.3, 0.4) is 0 Å². The fourth-order valence-electron chi connectivity index (χ4n) is 1.57. The molecule has 0 aromatic carbocycles. The third kappa shape index (κ3) is 4.31. The second-order valence-corrected chi connectivity index (χ2v) is 5.74. The van der Waals surface area contributed by atoms with E-state index in [0.717, 1.165) is 19.5 Å². The summed E-state index contributed by atoms with van der Waals surface area (Å²) in [5.41, 5.74) is 3.54. The molecule has 0 amide bonds. The predicted octanol–water partition coefficient (Wildman–Crippen LogP) is 3.02. The van der Waals surface area contributed by atoms with Crippen molar-refractivity contribution in [2.45, 2.75) is 40.5 Å². The first-order valence-corrected chi connectivity index (χ1v) is 6.53. The standard InChI is InChI=1S/C12H22N2S/c1-5-13-8-12(3,4)7-6-11-10(2)14-9-15-11/h9,13H,5-8H2,1-4H3. The predicted molar refractivity (Wildman–Crippen MR) is 67.5 cm³/mol. The molecule has 0 spiro atoms. The summed E-state index contributed by atoms with van der Waals surface area (Å²) in [5.74, 6) is 0. The van der Waals surface area contributed by atoms with Gasteiger partial charge in [0.25, 0.3) is 0 Å². The first kappa shape index (κ1) is 12.7. The lowest BCUT2D eigenvalue weighted by molar-refractivity contribution is 0.318. The third-order valence-corrected chi connectivity index (χ3v) is 3.72. The number of nitrogens with zero attached hydrogens (tertiary/aromatic N) is 1. The molecule has 0 aliphatic heterocycles. The van der Waals surface area contributed by atoms with Gasteiger partial charge in [-0.25, -0.2) is 4.98 Å². The van der Waals surface area contributed by atoms with Crippen LogP contribution in [-0.2, 0) is 6.42 Å². The molecule has 0 aliphatic carbocycles. The van der Waals surface area contributed by atoms with E-state index in [-0.39, 0.29) is 0 Å². The van der Waals surface area contributed by atoms with E-state index >= 15 is 0 Å². The molecule has 0 bridgehead atoms. The van der Waals surface area contributed by atoms with Crippen molar-refractivity contribution in [3.8, 4) is 0 Å². The molecule has 1 heterocycles. The zero-order valence-corrected chi connectivity index (χ0v) is 11.1. The Hall–Kier alpha value is -0.410. The highest BCUT2D eigenvalue weighted by molar-refractivity contribution is 7.09. The summed E-state index contributed by atoms with van der Waals surface area (Å²) in [5, 5.41) is 3.42. The largest absolute Gasteiger partial charge is 0.316 e. The van der Waals surface area contributed by atoms with E-state index in [9.17, 15) is 0 Å². The number of rotatable bonds is 6. The van der Waals surface area contributed by atoms with Gasteiger partial charge in [0, 0.05) is 11.4 Å². The van der Waals surface area contributed by atoms with E-state index in [1.807, 2.05) is 5.51 Å². The molecular formula is C12H22N2S. The molecule has 1 rings (SSSR count). The molecule has 1 aromatic rings. The van der Waals surface area contributed by atoms with Gasteiger partial charge in [-0.3, -0.25) is 0 Å². The molecule has 0 saturated heterocycles. The first-order valence-electron chi connectivity index (χ1n) is 5.65. The minimum atomic E-state index is 0.381. The highest BCUT2D eigenvalue weighted by Crippen LogP contribution is 2.24. The minimum Gasteiger partial charge on any atom is -0.316 e. The van der Waals surface area contributed by atoms with Crippen LogP contribution in [0.1, 0.15) is 37.8 Å². The molecule has 3 heteroatoms. The molecule has 0 unspecified atom stereocenters. The van der Waals surface area contributed by atoms with Crippen molar-refractivity contribution in [3.63, 3.8) is 0 Å². The summed E-state index contributed by atoms with van der Waals surface area (Å²) >= 11 is 1.78. The Morgan fingerprint density at radius 1 is 1.47 bits per heavy atom. The van der Waals surface area contributed by atoms with Crippen molar-refractivity contribution in [3.05, 3.63) is 16.1 Å². The van der Waals surface area contributed by atoms with Gasteiger partial charge < -0.3 is 5.32 Å². The van der Waals surface area contributed by atoms with Crippen molar-refractivity contribution in [1.82, 2.24) is 10.3 Å². The Balaban J connectivity index is 2.39. The summed E-state index contributed by atoms with van der Waals surface area (Å²) < 4.78 is 0. The lowest BCUT2D eigenvalue weighted by Gasteiger charge is -2.24. The molecule has 0 radical (unpaired) electrons. The molecule has 1 N–H and O–H groups in total. The van der Waals surface area contributed by atoms with E-state index in [2.05, 4.69) is 38.0 Å². The summed E-state index contributed by atoms with van der Waals surface area (Å²) in [7, 11) is 0. The van der Waals surface area contributed by atoms with Crippen LogP contribution < -0.4 is 5.32 Å². The van der Waals surface area contributed by atoms with Crippen molar-refractivity contribution in [2.24, 2.45) is 5.41 Å². The van der Waals surface area contributed by atoms with Crippen molar-refractivity contribution in [1.29, 1.82) is 0 Å². The number of nitrogens with one attached hydrogen (secondary N) is 1. The average Bonchev–Trinajstić information content (AvgIpc) is 2.58. The van der Waals surface area contributed by atoms with Gasteiger partial charge >= 0.3 is 0 Å². The van der Waals surface area contributed by atoms with Crippen LogP contribution in [0.4, 0.5) is 0 Å². The average molecular weight is 226 g/mol. The molecule has 2 nitrogen and oxygen atoms in total. The summed E-state index contributed by atoms with van der Waals surface area (Å²) in [6, 6.07) is 0. The lowest BCUT2D eigenvalue weighted by Crippen LogP contribution is -2.29. The van der Waals surface area contributed by atoms with Gasteiger partial charge in [-0.2, -0.15) is 0 Å². The maximum atomic E-state index is 4.28. The molecule has 0 saturated carbocycles.